The van der Waals surface area contributed by atoms with Crippen LogP contribution < -0.4 is 14.5 Å². The molecular weight excluding hydrogens is 516 g/mol. The van der Waals surface area contributed by atoms with Crippen LogP contribution in [0.3, 0.4) is 0 Å². The minimum Gasteiger partial charge on any atom is -0.458 e. The fourth-order valence-electron chi connectivity index (χ4n) is 6.78. The summed E-state index contributed by atoms with van der Waals surface area (Å²) < 4.78 is 6.63. The molecule has 5 nitrogen and oxygen atoms in total. The summed E-state index contributed by atoms with van der Waals surface area (Å²) in [6, 6.07) is 35.9. The molecule has 0 saturated heterocycles. The van der Waals surface area contributed by atoms with Gasteiger partial charge in [0.25, 0.3) is 0 Å². The molecule has 0 radical (unpaired) electrons. The van der Waals surface area contributed by atoms with Gasteiger partial charge in [-0.05, 0) is 71.3 Å². The Morgan fingerprint density at radius 2 is 1.38 bits per heavy atom. The second kappa shape index (κ2) is 9.45. The zero-order valence-corrected chi connectivity index (χ0v) is 23.6. The van der Waals surface area contributed by atoms with E-state index in [1.807, 2.05) is 36.7 Å². The van der Waals surface area contributed by atoms with Crippen LogP contribution in [0, 0.1) is 0 Å². The number of nitrogens with zero attached hydrogens (tertiary/aromatic N) is 4. The topological polar surface area (TPSA) is 41.5 Å². The summed E-state index contributed by atoms with van der Waals surface area (Å²) in [5.74, 6) is 3.66. The third-order valence-electron chi connectivity index (χ3n) is 8.74. The lowest BCUT2D eigenvalue weighted by molar-refractivity contribution is 0.434. The largest absolute Gasteiger partial charge is 0.458 e. The van der Waals surface area contributed by atoms with Gasteiger partial charge in [-0.1, -0.05) is 74.5 Å². The maximum absolute atomic E-state index is 6.63. The summed E-state index contributed by atoms with van der Waals surface area (Å²) in [6.45, 7) is 4.58. The van der Waals surface area contributed by atoms with Crippen molar-refractivity contribution in [3.63, 3.8) is 0 Å². The number of hydrogen-bond donors (Lipinski definition) is 0. The maximum atomic E-state index is 6.63. The molecule has 3 aliphatic rings. The maximum Gasteiger partial charge on any atom is 0.137 e. The average molecular weight is 547 g/mol. The van der Waals surface area contributed by atoms with Crippen LogP contribution in [0.1, 0.15) is 36.5 Å². The number of rotatable bonds is 4. The highest BCUT2D eigenvalue weighted by atomic mass is 16.5. The van der Waals surface area contributed by atoms with Gasteiger partial charge in [-0.15, -0.1) is 0 Å². The van der Waals surface area contributed by atoms with Crippen molar-refractivity contribution < 1.29 is 4.74 Å². The summed E-state index contributed by atoms with van der Waals surface area (Å²) in [5, 5.41) is 0. The van der Waals surface area contributed by atoms with Crippen LogP contribution >= 0.6 is 0 Å². The van der Waals surface area contributed by atoms with E-state index in [-0.39, 0.29) is 17.4 Å². The first kappa shape index (κ1) is 24.6. The number of aromatic nitrogens is 2. The Hall–Kier alpha value is -5.16. The van der Waals surface area contributed by atoms with Crippen molar-refractivity contribution in [3.8, 4) is 5.75 Å². The molecule has 0 spiro atoms. The van der Waals surface area contributed by atoms with Crippen LogP contribution in [-0.4, -0.2) is 16.0 Å². The van der Waals surface area contributed by atoms with Crippen LogP contribution in [0.2, 0.25) is 0 Å². The second-order valence-electron chi connectivity index (χ2n) is 11.5. The highest BCUT2D eigenvalue weighted by Crippen LogP contribution is 2.52. The fraction of sp³-hybridized carbons (Fsp3) is 0.135. The summed E-state index contributed by atoms with van der Waals surface area (Å²) in [4.78, 5) is 14.0. The van der Waals surface area contributed by atoms with E-state index in [1.54, 1.807) is 0 Å². The van der Waals surface area contributed by atoms with Gasteiger partial charge in [0.15, 0.2) is 0 Å². The summed E-state index contributed by atoms with van der Waals surface area (Å²) >= 11 is 0. The predicted molar refractivity (Wildman–Crippen MR) is 168 cm³/mol. The Balaban J connectivity index is 1.19. The van der Waals surface area contributed by atoms with E-state index < -0.39 is 0 Å². The Morgan fingerprint density at radius 1 is 0.690 bits per heavy atom. The first-order valence-corrected chi connectivity index (χ1v) is 14.4. The predicted octanol–water partition coefficient (Wildman–Crippen LogP) is 8.72. The molecule has 0 bridgehead atoms. The Kier molecular flexibility index (Phi) is 5.54. The molecule has 4 heterocycles. The molecule has 42 heavy (non-hydrogen) atoms. The molecule has 1 aliphatic carbocycles. The highest BCUT2D eigenvalue weighted by Gasteiger charge is 2.40. The number of para-hydroxylation sites is 2. The van der Waals surface area contributed by atoms with Gasteiger partial charge in [0.1, 0.15) is 23.1 Å². The minimum absolute atomic E-state index is 0.0748. The molecule has 2 aromatic heterocycles. The van der Waals surface area contributed by atoms with E-state index in [0.29, 0.717) is 0 Å². The van der Waals surface area contributed by atoms with Gasteiger partial charge in [-0.25, -0.2) is 9.97 Å². The Labute approximate surface area is 246 Å². The van der Waals surface area contributed by atoms with E-state index in [4.69, 9.17) is 14.7 Å². The van der Waals surface area contributed by atoms with Crippen molar-refractivity contribution in [3.05, 3.63) is 156 Å². The number of fused-ring (bicyclic) bond motifs is 5. The Bertz CT molecular complexity index is 1860. The van der Waals surface area contributed by atoms with E-state index in [0.717, 1.165) is 34.5 Å². The van der Waals surface area contributed by atoms with Gasteiger partial charge in [-0.2, -0.15) is 0 Å². The summed E-state index contributed by atoms with van der Waals surface area (Å²) in [6.07, 6.45) is 10.3. The molecular formula is C37H30N4O. The zero-order chi connectivity index (χ0) is 28.3. The number of benzene rings is 3. The molecule has 3 aromatic carbocycles. The van der Waals surface area contributed by atoms with Gasteiger partial charge in [0, 0.05) is 35.5 Å². The summed E-state index contributed by atoms with van der Waals surface area (Å²) in [7, 11) is 0. The number of allylic oxidation sites excluding steroid dienone is 1. The smallest absolute Gasteiger partial charge is 0.137 e. The first-order chi connectivity index (χ1) is 20.6. The molecule has 2 unspecified atom stereocenters. The van der Waals surface area contributed by atoms with Crippen molar-refractivity contribution in [1.82, 2.24) is 9.97 Å². The molecule has 5 heteroatoms. The number of anilines is 5. The Morgan fingerprint density at radius 3 is 2.17 bits per heavy atom. The first-order valence-electron chi connectivity index (χ1n) is 14.4. The molecule has 2 atom stereocenters. The van der Waals surface area contributed by atoms with Crippen LogP contribution in [0.5, 0.6) is 5.75 Å². The van der Waals surface area contributed by atoms with E-state index in [2.05, 4.69) is 121 Å². The zero-order valence-electron chi connectivity index (χ0n) is 23.6. The van der Waals surface area contributed by atoms with Crippen molar-refractivity contribution in [2.75, 3.05) is 9.80 Å². The molecule has 0 N–H and O–H groups in total. The third kappa shape index (κ3) is 3.77. The van der Waals surface area contributed by atoms with Crippen molar-refractivity contribution in [2.24, 2.45) is 0 Å². The minimum atomic E-state index is -0.175. The quantitative estimate of drug-likeness (QED) is 0.225. The highest BCUT2D eigenvalue weighted by molar-refractivity contribution is 5.85. The lowest BCUT2D eigenvalue weighted by Gasteiger charge is -2.41. The summed E-state index contributed by atoms with van der Waals surface area (Å²) in [5.41, 5.74) is 7.05. The van der Waals surface area contributed by atoms with Crippen LogP contribution in [0.25, 0.3) is 0 Å². The third-order valence-corrected chi connectivity index (χ3v) is 8.74. The van der Waals surface area contributed by atoms with Gasteiger partial charge in [0.05, 0.1) is 17.4 Å². The van der Waals surface area contributed by atoms with Gasteiger partial charge < -0.3 is 9.64 Å². The normalized spacial score (nSPS) is 19.3. The molecule has 0 saturated carbocycles. The SMILES string of the molecule is CC1(C)c2ccccc2N(c2ccccn2)c2cc(OC3=CC4C(C=C3)c3ccccc3N4c3ccccn3)ccc21. The van der Waals surface area contributed by atoms with Crippen LogP contribution in [0.15, 0.2) is 140 Å². The van der Waals surface area contributed by atoms with Crippen LogP contribution in [-0.2, 0) is 5.41 Å². The molecule has 5 aromatic rings. The van der Waals surface area contributed by atoms with Crippen LogP contribution in [0.4, 0.5) is 28.7 Å². The van der Waals surface area contributed by atoms with E-state index >= 15 is 0 Å². The number of hydrogen-bond acceptors (Lipinski definition) is 5. The van der Waals surface area contributed by atoms with Gasteiger partial charge >= 0.3 is 0 Å². The molecule has 0 amide bonds. The standard InChI is InChI=1S/C37H30N4O/c1-37(2)29-12-4-6-14-32(29)41(36-16-8-10-22-39-36)34-24-26(18-20-30(34)37)42-25-17-19-28-27-11-3-5-13-31(27)40(33(28)23-25)35-15-7-9-21-38-35/h3-24,28,33H,1-2H3. The lowest BCUT2D eigenvalue weighted by atomic mass is 9.73. The van der Waals surface area contributed by atoms with Crippen molar-refractivity contribution in [2.45, 2.75) is 31.2 Å². The number of ether oxygens (including phenoxy) is 1. The second-order valence-corrected chi connectivity index (χ2v) is 11.5. The molecule has 8 rings (SSSR count). The van der Waals surface area contributed by atoms with E-state index in [9.17, 15) is 0 Å². The monoisotopic (exact) mass is 546 g/mol. The van der Waals surface area contributed by atoms with Crippen molar-refractivity contribution in [1.29, 1.82) is 0 Å². The van der Waals surface area contributed by atoms with Gasteiger partial charge in [0.2, 0.25) is 0 Å². The van der Waals surface area contributed by atoms with E-state index in [1.165, 1.54) is 22.4 Å². The van der Waals surface area contributed by atoms with Gasteiger partial charge in [-0.3, -0.25) is 4.90 Å². The fourth-order valence-corrected chi connectivity index (χ4v) is 6.78. The molecule has 2 aliphatic heterocycles. The molecule has 204 valence electrons. The average Bonchev–Trinajstić information content (AvgIpc) is 3.36. The number of pyridine rings is 2. The lowest BCUT2D eigenvalue weighted by Crippen LogP contribution is -2.31. The van der Waals surface area contributed by atoms with Crippen molar-refractivity contribution >= 4 is 28.7 Å². The molecule has 0 fully saturated rings.